The molecule has 0 amide bonds. The molecular formula is C10H15NO2. The molecule has 3 nitrogen and oxygen atoms in total. The lowest BCUT2D eigenvalue weighted by molar-refractivity contribution is 0.136. The van der Waals surface area contributed by atoms with E-state index in [1.54, 1.807) is 12.3 Å². The molecule has 0 N–H and O–H groups in total. The van der Waals surface area contributed by atoms with Gasteiger partial charge in [-0.2, -0.15) is 0 Å². The lowest BCUT2D eigenvalue weighted by Gasteiger charge is -1.93. The Bertz CT molecular complexity index is 217. The summed E-state index contributed by atoms with van der Waals surface area (Å²) in [5, 5.41) is 3.75. The summed E-state index contributed by atoms with van der Waals surface area (Å²) in [6.45, 7) is 7.08. The van der Waals surface area contributed by atoms with Crippen molar-refractivity contribution in [1.82, 2.24) is 0 Å². The van der Waals surface area contributed by atoms with Crippen molar-refractivity contribution < 1.29 is 9.57 Å². The quantitative estimate of drug-likeness (QED) is 0.206. The Kier molecular flexibility index (Phi) is 4.26. The summed E-state index contributed by atoms with van der Waals surface area (Å²) < 4.78 is 5.01. The van der Waals surface area contributed by atoms with E-state index in [4.69, 9.17) is 9.57 Å². The molecule has 1 unspecified atom stereocenters. The largest absolute Gasteiger partial charge is 0.396 e. The van der Waals surface area contributed by atoms with Crippen LogP contribution in [0.1, 0.15) is 13.3 Å². The molecule has 1 saturated heterocycles. The topological polar surface area (TPSA) is 34.1 Å². The van der Waals surface area contributed by atoms with Crippen LogP contribution in [0.2, 0.25) is 0 Å². The molecule has 72 valence electrons. The van der Waals surface area contributed by atoms with Gasteiger partial charge in [0.25, 0.3) is 0 Å². The van der Waals surface area contributed by atoms with Gasteiger partial charge in [-0.25, -0.2) is 0 Å². The van der Waals surface area contributed by atoms with Crippen molar-refractivity contribution >= 4 is 6.21 Å². The van der Waals surface area contributed by atoms with Crippen molar-refractivity contribution in [3.8, 4) is 0 Å². The molecule has 13 heavy (non-hydrogen) atoms. The minimum absolute atomic E-state index is 0.417. The van der Waals surface area contributed by atoms with Gasteiger partial charge in [0.1, 0.15) is 6.61 Å². The van der Waals surface area contributed by atoms with Gasteiger partial charge in [-0.3, -0.25) is 0 Å². The minimum atomic E-state index is 0.417. The number of rotatable bonds is 6. The molecule has 1 fully saturated rings. The number of ether oxygens (including phenoxy) is 1. The van der Waals surface area contributed by atoms with E-state index >= 15 is 0 Å². The van der Waals surface area contributed by atoms with Crippen molar-refractivity contribution in [1.29, 1.82) is 0 Å². The zero-order valence-corrected chi connectivity index (χ0v) is 7.90. The lowest BCUT2D eigenvalue weighted by atomic mass is 10.3. The number of epoxide rings is 1. The normalized spacial score (nSPS) is 21.9. The van der Waals surface area contributed by atoms with E-state index in [2.05, 4.69) is 11.7 Å². The average Bonchev–Trinajstić information content (AvgIpc) is 2.94. The molecule has 0 aromatic rings. The summed E-state index contributed by atoms with van der Waals surface area (Å²) in [4.78, 5) is 4.99. The van der Waals surface area contributed by atoms with E-state index in [-0.39, 0.29) is 0 Å². The van der Waals surface area contributed by atoms with Gasteiger partial charge in [-0.15, -0.1) is 0 Å². The first-order valence-corrected chi connectivity index (χ1v) is 4.39. The Morgan fingerprint density at radius 3 is 3.15 bits per heavy atom. The highest BCUT2D eigenvalue weighted by molar-refractivity contribution is 5.72. The van der Waals surface area contributed by atoms with E-state index in [1.165, 1.54) is 0 Å². The van der Waals surface area contributed by atoms with Crippen LogP contribution in [0.15, 0.2) is 29.5 Å². The smallest absolute Gasteiger partial charge is 0.119 e. The molecule has 0 aromatic heterocycles. The van der Waals surface area contributed by atoms with Crippen LogP contribution >= 0.6 is 0 Å². The third kappa shape index (κ3) is 5.20. The Morgan fingerprint density at radius 1 is 1.77 bits per heavy atom. The molecule has 0 bridgehead atoms. The summed E-state index contributed by atoms with van der Waals surface area (Å²) in [5.74, 6) is 0. The molecule has 1 aliphatic rings. The Labute approximate surface area is 78.7 Å². The van der Waals surface area contributed by atoms with Crippen molar-refractivity contribution in [3.05, 3.63) is 24.3 Å². The zero-order chi connectivity index (χ0) is 9.52. The lowest BCUT2D eigenvalue weighted by Crippen LogP contribution is -1.93. The van der Waals surface area contributed by atoms with Gasteiger partial charge < -0.3 is 9.57 Å². The molecule has 1 atom stereocenters. The zero-order valence-electron chi connectivity index (χ0n) is 7.90. The van der Waals surface area contributed by atoms with Crippen LogP contribution < -0.4 is 0 Å². The molecule has 1 aliphatic heterocycles. The monoisotopic (exact) mass is 181 g/mol. The van der Waals surface area contributed by atoms with Gasteiger partial charge in [-0.05, 0) is 13.0 Å². The second kappa shape index (κ2) is 5.54. The van der Waals surface area contributed by atoms with Crippen LogP contribution in [0.5, 0.6) is 0 Å². The fourth-order valence-corrected chi connectivity index (χ4v) is 0.731. The molecule has 1 rings (SSSR count). The van der Waals surface area contributed by atoms with E-state index in [0.29, 0.717) is 12.7 Å². The Morgan fingerprint density at radius 2 is 2.54 bits per heavy atom. The fraction of sp³-hybridized carbons (Fsp3) is 0.500. The fourth-order valence-electron chi connectivity index (χ4n) is 0.731. The maximum Gasteiger partial charge on any atom is 0.119 e. The second-order valence-corrected chi connectivity index (χ2v) is 2.95. The van der Waals surface area contributed by atoms with Crippen LogP contribution in [-0.2, 0) is 9.57 Å². The molecular weight excluding hydrogens is 166 g/mol. The van der Waals surface area contributed by atoms with E-state index in [9.17, 15) is 0 Å². The number of hydrogen-bond donors (Lipinski definition) is 0. The third-order valence-electron chi connectivity index (χ3n) is 1.73. The third-order valence-corrected chi connectivity index (χ3v) is 1.73. The first kappa shape index (κ1) is 9.99. The van der Waals surface area contributed by atoms with E-state index in [1.807, 2.05) is 13.0 Å². The van der Waals surface area contributed by atoms with Gasteiger partial charge in [0, 0.05) is 6.42 Å². The summed E-state index contributed by atoms with van der Waals surface area (Å²) in [6.07, 6.45) is 6.59. The predicted octanol–water partition coefficient (Wildman–Crippen LogP) is 1.91. The van der Waals surface area contributed by atoms with Crippen LogP contribution in [0, 0.1) is 0 Å². The van der Waals surface area contributed by atoms with Gasteiger partial charge in [-0.1, -0.05) is 23.4 Å². The molecule has 0 spiro atoms. The standard InChI is InChI=1S/C10H15NO2/c1-3-9(2)4-6-11-13-7-5-10-8-12-10/h3-4,6,10H,1,5,7-8H2,2H3. The van der Waals surface area contributed by atoms with Crippen molar-refractivity contribution in [3.63, 3.8) is 0 Å². The first-order valence-electron chi connectivity index (χ1n) is 4.39. The maximum atomic E-state index is 5.01. The maximum absolute atomic E-state index is 5.01. The van der Waals surface area contributed by atoms with Gasteiger partial charge in [0.15, 0.2) is 0 Å². The molecule has 0 saturated carbocycles. The van der Waals surface area contributed by atoms with E-state index in [0.717, 1.165) is 18.6 Å². The van der Waals surface area contributed by atoms with Gasteiger partial charge in [0.2, 0.25) is 0 Å². The van der Waals surface area contributed by atoms with Crippen molar-refractivity contribution in [2.45, 2.75) is 19.4 Å². The molecule has 0 radical (unpaired) electrons. The predicted molar refractivity (Wildman–Crippen MR) is 52.8 cm³/mol. The first-order chi connectivity index (χ1) is 6.33. The van der Waals surface area contributed by atoms with Crippen LogP contribution in [0.3, 0.4) is 0 Å². The summed E-state index contributed by atoms with van der Waals surface area (Å²) in [6, 6.07) is 0. The van der Waals surface area contributed by atoms with E-state index < -0.39 is 0 Å². The van der Waals surface area contributed by atoms with Crippen molar-refractivity contribution in [2.75, 3.05) is 13.2 Å². The highest BCUT2D eigenvalue weighted by atomic mass is 16.6. The number of oxime groups is 1. The van der Waals surface area contributed by atoms with Crippen molar-refractivity contribution in [2.24, 2.45) is 5.16 Å². The summed E-state index contributed by atoms with van der Waals surface area (Å²) in [7, 11) is 0. The van der Waals surface area contributed by atoms with Crippen LogP contribution in [0.4, 0.5) is 0 Å². The number of nitrogens with zero attached hydrogens (tertiary/aromatic N) is 1. The second-order valence-electron chi connectivity index (χ2n) is 2.95. The highest BCUT2D eigenvalue weighted by Crippen LogP contribution is 2.12. The summed E-state index contributed by atoms with van der Waals surface area (Å²) >= 11 is 0. The molecule has 3 heteroatoms. The van der Waals surface area contributed by atoms with Crippen LogP contribution in [0.25, 0.3) is 0 Å². The summed E-state index contributed by atoms with van der Waals surface area (Å²) in [5.41, 5.74) is 1.07. The SMILES string of the molecule is C=CC(C)=CC=NOCCC1CO1. The Balaban J connectivity index is 1.99. The number of allylic oxidation sites excluding steroid dienone is 3. The average molecular weight is 181 g/mol. The van der Waals surface area contributed by atoms with Crippen LogP contribution in [-0.4, -0.2) is 25.5 Å². The Hall–Kier alpha value is -1.09. The van der Waals surface area contributed by atoms with Gasteiger partial charge in [0.05, 0.1) is 18.9 Å². The molecule has 0 aliphatic carbocycles. The van der Waals surface area contributed by atoms with Gasteiger partial charge >= 0.3 is 0 Å². The highest BCUT2D eigenvalue weighted by Gasteiger charge is 2.21. The molecule has 1 heterocycles. The minimum Gasteiger partial charge on any atom is -0.396 e. The number of hydrogen-bond acceptors (Lipinski definition) is 3. The molecule has 0 aromatic carbocycles.